The first-order valence-corrected chi connectivity index (χ1v) is 7.73. The predicted molar refractivity (Wildman–Crippen MR) is 78.1 cm³/mol. The lowest BCUT2D eigenvalue weighted by Crippen LogP contribution is -2.53. The van der Waals surface area contributed by atoms with Crippen LogP contribution in [0, 0.1) is 0 Å². The molecule has 1 heterocycles. The molecule has 1 saturated carbocycles. The summed E-state index contributed by atoms with van der Waals surface area (Å²) in [6.07, 6.45) is 4.86. The molecular weight excluding hydrogens is 238 g/mol. The Labute approximate surface area is 117 Å². The molecule has 1 aliphatic heterocycles. The number of hydrogen-bond acceptors (Lipinski definition) is 3. The predicted octanol–water partition coefficient (Wildman–Crippen LogP) is 1.51. The zero-order valence-electron chi connectivity index (χ0n) is 12.8. The summed E-state index contributed by atoms with van der Waals surface area (Å²) < 4.78 is 0. The van der Waals surface area contributed by atoms with Crippen LogP contribution in [0.4, 0.5) is 0 Å². The molecule has 0 aromatic rings. The largest absolute Gasteiger partial charge is 0.350 e. The van der Waals surface area contributed by atoms with Crippen LogP contribution in [0.1, 0.15) is 53.4 Å². The van der Waals surface area contributed by atoms with Gasteiger partial charge in [-0.3, -0.25) is 9.69 Å². The van der Waals surface area contributed by atoms with Gasteiger partial charge < -0.3 is 10.6 Å². The van der Waals surface area contributed by atoms with Gasteiger partial charge >= 0.3 is 0 Å². The van der Waals surface area contributed by atoms with E-state index in [0.29, 0.717) is 6.04 Å². The van der Waals surface area contributed by atoms with Gasteiger partial charge in [0.25, 0.3) is 0 Å². The molecule has 2 rings (SSSR count). The van der Waals surface area contributed by atoms with Crippen molar-refractivity contribution < 1.29 is 4.79 Å². The molecule has 1 aliphatic carbocycles. The number of likely N-dealkylation sites (tertiary alicyclic amines) is 1. The first-order chi connectivity index (χ1) is 8.91. The van der Waals surface area contributed by atoms with E-state index < -0.39 is 0 Å². The van der Waals surface area contributed by atoms with Gasteiger partial charge in [-0.1, -0.05) is 6.92 Å². The summed E-state index contributed by atoms with van der Waals surface area (Å²) in [5, 5.41) is 6.60. The van der Waals surface area contributed by atoms with Crippen LogP contribution < -0.4 is 10.6 Å². The summed E-state index contributed by atoms with van der Waals surface area (Å²) in [5.74, 6) is 0.122. The number of carbonyl (C=O) groups excluding carboxylic acids is 1. The van der Waals surface area contributed by atoms with Gasteiger partial charge in [-0.25, -0.2) is 0 Å². The van der Waals surface area contributed by atoms with Crippen molar-refractivity contribution in [1.29, 1.82) is 0 Å². The molecule has 0 aromatic heterocycles. The summed E-state index contributed by atoms with van der Waals surface area (Å²) >= 11 is 0. The molecule has 0 bridgehead atoms. The number of nitrogens with one attached hydrogen (secondary N) is 2. The zero-order valence-corrected chi connectivity index (χ0v) is 12.8. The average Bonchev–Trinajstić information content (AvgIpc) is 3.10. The standard InChI is InChI=1S/C15H29N3O/c1-5-15(3,4)17-14(19)11(2)16-12-8-9-18(10-12)13-6-7-13/h11-13,16H,5-10H2,1-4H3,(H,17,19). The second-order valence-electron chi connectivity index (χ2n) is 6.83. The molecule has 4 nitrogen and oxygen atoms in total. The van der Waals surface area contributed by atoms with Crippen molar-refractivity contribution in [2.45, 2.75) is 77.0 Å². The minimum absolute atomic E-state index is 0.102. The lowest BCUT2D eigenvalue weighted by atomic mass is 10.0. The number of rotatable bonds is 6. The van der Waals surface area contributed by atoms with E-state index in [9.17, 15) is 4.79 Å². The number of carbonyl (C=O) groups is 1. The number of amides is 1. The van der Waals surface area contributed by atoms with Crippen molar-refractivity contribution in [3.05, 3.63) is 0 Å². The van der Waals surface area contributed by atoms with E-state index in [1.807, 2.05) is 6.92 Å². The van der Waals surface area contributed by atoms with Crippen LogP contribution in [-0.2, 0) is 4.79 Å². The summed E-state index contributed by atoms with van der Waals surface area (Å²) in [5.41, 5.74) is -0.108. The lowest BCUT2D eigenvalue weighted by molar-refractivity contribution is -0.124. The minimum atomic E-state index is -0.108. The van der Waals surface area contributed by atoms with Crippen LogP contribution in [0.5, 0.6) is 0 Å². The van der Waals surface area contributed by atoms with Gasteiger partial charge in [0.2, 0.25) is 5.91 Å². The highest BCUT2D eigenvalue weighted by Gasteiger charge is 2.35. The van der Waals surface area contributed by atoms with Crippen molar-refractivity contribution >= 4 is 5.91 Å². The Hall–Kier alpha value is -0.610. The molecule has 110 valence electrons. The van der Waals surface area contributed by atoms with E-state index in [0.717, 1.165) is 19.0 Å². The van der Waals surface area contributed by atoms with Gasteiger partial charge in [-0.2, -0.15) is 0 Å². The Morgan fingerprint density at radius 1 is 1.37 bits per heavy atom. The number of hydrogen-bond donors (Lipinski definition) is 2. The topological polar surface area (TPSA) is 44.4 Å². The van der Waals surface area contributed by atoms with Gasteiger partial charge in [0.1, 0.15) is 0 Å². The first kappa shape index (κ1) is 14.8. The molecule has 2 aliphatic rings. The van der Waals surface area contributed by atoms with E-state index in [4.69, 9.17) is 0 Å². The molecule has 2 unspecified atom stereocenters. The monoisotopic (exact) mass is 267 g/mol. The Balaban J connectivity index is 1.74. The normalized spacial score (nSPS) is 26.4. The smallest absolute Gasteiger partial charge is 0.237 e. The molecule has 0 aromatic carbocycles. The molecule has 1 saturated heterocycles. The van der Waals surface area contributed by atoms with Gasteiger partial charge in [0, 0.05) is 30.7 Å². The fourth-order valence-electron chi connectivity index (χ4n) is 2.65. The second kappa shape index (κ2) is 5.80. The fraction of sp³-hybridized carbons (Fsp3) is 0.933. The summed E-state index contributed by atoms with van der Waals surface area (Å²) in [6.45, 7) is 10.5. The molecule has 1 amide bonds. The van der Waals surface area contributed by atoms with Crippen LogP contribution in [0.3, 0.4) is 0 Å². The lowest BCUT2D eigenvalue weighted by Gasteiger charge is -2.28. The Morgan fingerprint density at radius 3 is 2.63 bits per heavy atom. The van der Waals surface area contributed by atoms with E-state index >= 15 is 0 Å². The van der Waals surface area contributed by atoms with Crippen LogP contribution in [0.15, 0.2) is 0 Å². The molecule has 0 spiro atoms. The Bertz CT molecular complexity index is 325. The van der Waals surface area contributed by atoms with E-state index in [2.05, 4.69) is 36.3 Å². The molecule has 19 heavy (non-hydrogen) atoms. The first-order valence-electron chi connectivity index (χ1n) is 7.73. The highest BCUT2D eigenvalue weighted by Crippen LogP contribution is 2.29. The Morgan fingerprint density at radius 2 is 2.05 bits per heavy atom. The minimum Gasteiger partial charge on any atom is -0.350 e. The average molecular weight is 267 g/mol. The highest BCUT2D eigenvalue weighted by atomic mass is 16.2. The zero-order chi connectivity index (χ0) is 14.0. The van der Waals surface area contributed by atoms with Crippen molar-refractivity contribution in [1.82, 2.24) is 15.5 Å². The third-order valence-electron chi connectivity index (χ3n) is 4.51. The Kier molecular flexibility index (Phi) is 4.51. The van der Waals surface area contributed by atoms with Crippen LogP contribution >= 0.6 is 0 Å². The maximum atomic E-state index is 12.1. The SMILES string of the molecule is CCC(C)(C)NC(=O)C(C)NC1CCN(C2CC2)C1. The van der Waals surface area contributed by atoms with E-state index in [1.54, 1.807) is 0 Å². The summed E-state index contributed by atoms with van der Waals surface area (Å²) in [4.78, 5) is 14.7. The van der Waals surface area contributed by atoms with Gasteiger partial charge in [-0.05, 0) is 46.5 Å². The van der Waals surface area contributed by atoms with Gasteiger partial charge in [-0.15, -0.1) is 0 Å². The van der Waals surface area contributed by atoms with Crippen LogP contribution in [-0.4, -0.2) is 47.6 Å². The van der Waals surface area contributed by atoms with Crippen molar-refractivity contribution in [2.75, 3.05) is 13.1 Å². The molecular formula is C15H29N3O. The maximum Gasteiger partial charge on any atom is 0.237 e. The quantitative estimate of drug-likeness (QED) is 0.766. The van der Waals surface area contributed by atoms with E-state index in [1.165, 1.54) is 25.8 Å². The fourth-order valence-corrected chi connectivity index (χ4v) is 2.65. The summed E-state index contributed by atoms with van der Waals surface area (Å²) in [7, 11) is 0. The third kappa shape index (κ3) is 4.18. The molecule has 2 atom stereocenters. The second-order valence-corrected chi connectivity index (χ2v) is 6.83. The third-order valence-corrected chi connectivity index (χ3v) is 4.51. The highest BCUT2D eigenvalue weighted by molar-refractivity contribution is 5.82. The van der Waals surface area contributed by atoms with Crippen molar-refractivity contribution in [3.63, 3.8) is 0 Å². The molecule has 4 heteroatoms. The van der Waals surface area contributed by atoms with Gasteiger partial charge in [0.05, 0.1) is 6.04 Å². The van der Waals surface area contributed by atoms with E-state index in [-0.39, 0.29) is 17.5 Å². The van der Waals surface area contributed by atoms with Gasteiger partial charge in [0.15, 0.2) is 0 Å². The van der Waals surface area contributed by atoms with Crippen LogP contribution in [0.2, 0.25) is 0 Å². The van der Waals surface area contributed by atoms with Crippen LogP contribution in [0.25, 0.3) is 0 Å². The molecule has 0 radical (unpaired) electrons. The molecule has 2 N–H and O–H groups in total. The molecule has 2 fully saturated rings. The van der Waals surface area contributed by atoms with Crippen molar-refractivity contribution in [3.8, 4) is 0 Å². The number of nitrogens with zero attached hydrogens (tertiary/aromatic N) is 1. The maximum absolute atomic E-state index is 12.1. The van der Waals surface area contributed by atoms with Crippen molar-refractivity contribution in [2.24, 2.45) is 0 Å². The summed E-state index contributed by atoms with van der Waals surface area (Å²) in [6, 6.07) is 1.22.